The van der Waals surface area contributed by atoms with E-state index in [1.54, 1.807) is 0 Å². The van der Waals surface area contributed by atoms with Crippen LogP contribution in [0, 0.1) is 5.92 Å². The molecule has 1 heterocycles. The second-order valence-electron chi connectivity index (χ2n) is 3.04. The van der Waals surface area contributed by atoms with Crippen molar-refractivity contribution in [3.8, 4) is 0 Å². The second kappa shape index (κ2) is 4.99. The van der Waals surface area contributed by atoms with Crippen LogP contribution in [0.25, 0.3) is 0 Å². The van der Waals surface area contributed by atoms with Crippen molar-refractivity contribution in [2.24, 2.45) is 11.7 Å². The smallest absolute Gasteiger partial charge is 0.104 e. The molecule has 1 fully saturated rings. The average molecular weight is 177 g/mol. The molecule has 0 amide bonds. The zero-order valence-corrected chi connectivity index (χ0v) is 7.58. The highest BCUT2D eigenvalue weighted by atomic mass is 32.2. The number of thioether (sulfide) groups is 1. The van der Waals surface area contributed by atoms with Gasteiger partial charge in [-0.1, -0.05) is 0 Å². The number of rotatable bonds is 3. The van der Waals surface area contributed by atoms with Crippen LogP contribution in [0.15, 0.2) is 0 Å². The average Bonchev–Trinajstić information content (AvgIpc) is 2.07. The Balaban J connectivity index is 2.21. The Hall–Kier alpha value is 0.240. The first-order valence-corrected chi connectivity index (χ1v) is 5.42. The van der Waals surface area contributed by atoms with E-state index in [0.717, 1.165) is 24.3 Å². The maximum atomic E-state index is 13.2. The normalized spacial score (nSPS) is 23.5. The van der Waals surface area contributed by atoms with Crippen LogP contribution in [0.2, 0.25) is 0 Å². The fraction of sp³-hybridized carbons (Fsp3) is 1.00. The fourth-order valence-corrected chi connectivity index (χ4v) is 2.62. The second-order valence-corrected chi connectivity index (χ2v) is 4.27. The van der Waals surface area contributed by atoms with Gasteiger partial charge in [0, 0.05) is 0 Å². The topological polar surface area (TPSA) is 26.0 Å². The third-order valence-electron chi connectivity index (χ3n) is 2.22. The van der Waals surface area contributed by atoms with E-state index in [2.05, 4.69) is 0 Å². The summed E-state index contributed by atoms with van der Waals surface area (Å²) in [4.78, 5) is 0. The SMILES string of the molecule is NCCC(F)C1CCSCC1. The third kappa shape index (κ3) is 2.99. The molecule has 0 saturated carbocycles. The fourth-order valence-electron chi connectivity index (χ4n) is 1.47. The summed E-state index contributed by atoms with van der Waals surface area (Å²) in [5, 5.41) is 0. The number of hydrogen-bond donors (Lipinski definition) is 1. The van der Waals surface area contributed by atoms with E-state index in [1.807, 2.05) is 11.8 Å². The molecule has 0 bridgehead atoms. The molecule has 2 N–H and O–H groups in total. The first-order valence-electron chi connectivity index (χ1n) is 4.26. The lowest BCUT2D eigenvalue weighted by molar-refractivity contribution is 0.206. The van der Waals surface area contributed by atoms with Crippen LogP contribution in [-0.4, -0.2) is 24.2 Å². The van der Waals surface area contributed by atoms with E-state index in [1.165, 1.54) is 0 Å². The molecule has 0 radical (unpaired) electrons. The first-order chi connectivity index (χ1) is 5.34. The van der Waals surface area contributed by atoms with Crippen LogP contribution >= 0.6 is 11.8 Å². The summed E-state index contributed by atoms with van der Waals surface area (Å²) in [7, 11) is 0. The van der Waals surface area contributed by atoms with Crippen LogP contribution in [-0.2, 0) is 0 Å². The van der Waals surface area contributed by atoms with E-state index in [4.69, 9.17) is 5.73 Å². The first kappa shape index (κ1) is 9.33. The minimum absolute atomic E-state index is 0.305. The van der Waals surface area contributed by atoms with Gasteiger partial charge in [-0.25, -0.2) is 4.39 Å². The van der Waals surface area contributed by atoms with Crippen molar-refractivity contribution < 1.29 is 4.39 Å². The monoisotopic (exact) mass is 177 g/mol. The number of halogens is 1. The van der Waals surface area contributed by atoms with Gasteiger partial charge in [-0.15, -0.1) is 0 Å². The molecule has 0 aliphatic carbocycles. The number of hydrogen-bond acceptors (Lipinski definition) is 2. The van der Waals surface area contributed by atoms with Crippen molar-refractivity contribution in [2.45, 2.75) is 25.4 Å². The molecule has 66 valence electrons. The van der Waals surface area contributed by atoms with E-state index in [0.29, 0.717) is 18.9 Å². The van der Waals surface area contributed by atoms with Gasteiger partial charge in [0.1, 0.15) is 6.17 Å². The number of nitrogens with two attached hydrogens (primary N) is 1. The molecule has 3 heteroatoms. The van der Waals surface area contributed by atoms with E-state index < -0.39 is 6.17 Å². The summed E-state index contributed by atoms with van der Waals surface area (Å²) in [6.45, 7) is 0.491. The Bertz CT molecular complexity index is 104. The van der Waals surface area contributed by atoms with Crippen molar-refractivity contribution in [1.82, 2.24) is 0 Å². The molecule has 1 aliphatic rings. The highest BCUT2D eigenvalue weighted by Gasteiger charge is 2.22. The molecular formula is C8H16FNS. The van der Waals surface area contributed by atoms with Crippen LogP contribution in [0.5, 0.6) is 0 Å². The Morgan fingerprint density at radius 1 is 1.45 bits per heavy atom. The van der Waals surface area contributed by atoms with Gasteiger partial charge < -0.3 is 5.73 Å². The van der Waals surface area contributed by atoms with Gasteiger partial charge in [0.05, 0.1) is 0 Å². The van der Waals surface area contributed by atoms with E-state index in [9.17, 15) is 4.39 Å². The molecular weight excluding hydrogens is 161 g/mol. The van der Waals surface area contributed by atoms with Gasteiger partial charge in [0.2, 0.25) is 0 Å². The van der Waals surface area contributed by atoms with Crippen LogP contribution in [0.4, 0.5) is 4.39 Å². The Labute approximate surface area is 71.9 Å². The molecule has 1 rings (SSSR count). The molecule has 1 atom stereocenters. The van der Waals surface area contributed by atoms with Gasteiger partial charge in [-0.05, 0) is 43.2 Å². The highest BCUT2D eigenvalue weighted by molar-refractivity contribution is 7.99. The van der Waals surface area contributed by atoms with Crippen molar-refractivity contribution >= 4 is 11.8 Å². The molecule has 0 spiro atoms. The summed E-state index contributed by atoms with van der Waals surface area (Å²) in [5.41, 5.74) is 5.29. The zero-order chi connectivity index (χ0) is 8.10. The predicted octanol–water partition coefficient (Wildman–Crippen LogP) is 1.82. The highest BCUT2D eigenvalue weighted by Crippen LogP contribution is 2.27. The molecule has 1 aliphatic heterocycles. The molecule has 11 heavy (non-hydrogen) atoms. The summed E-state index contributed by atoms with van der Waals surface area (Å²) in [5.74, 6) is 2.57. The largest absolute Gasteiger partial charge is 0.330 e. The summed E-state index contributed by atoms with van der Waals surface area (Å²) in [6.07, 6.45) is 2.01. The lowest BCUT2D eigenvalue weighted by Gasteiger charge is -2.24. The van der Waals surface area contributed by atoms with Crippen molar-refractivity contribution in [3.63, 3.8) is 0 Å². The van der Waals surface area contributed by atoms with Gasteiger partial charge in [0.25, 0.3) is 0 Å². The van der Waals surface area contributed by atoms with Crippen LogP contribution in [0.3, 0.4) is 0 Å². The summed E-state index contributed by atoms with van der Waals surface area (Å²) in [6, 6.07) is 0. The zero-order valence-electron chi connectivity index (χ0n) is 6.76. The Morgan fingerprint density at radius 2 is 2.09 bits per heavy atom. The lowest BCUT2D eigenvalue weighted by Crippen LogP contribution is -2.23. The maximum absolute atomic E-state index is 13.2. The Kier molecular flexibility index (Phi) is 4.23. The molecule has 0 aromatic carbocycles. The standard InChI is InChI=1S/C8H16FNS/c9-8(1-4-10)7-2-5-11-6-3-7/h7-8H,1-6,10H2. The van der Waals surface area contributed by atoms with E-state index >= 15 is 0 Å². The Morgan fingerprint density at radius 3 is 2.64 bits per heavy atom. The summed E-state index contributed by atoms with van der Waals surface area (Å²) < 4.78 is 13.2. The van der Waals surface area contributed by atoms with Crippen LogP contribution < -0.4 is 5.73 Å². The van der Waals surface area contributed by atoms with Crippen molar-refractivity contribution in [3.05, 3.63) is 0 Å². The molecule has 1 nitrogen and oxygen atoms in total. The van der Waals surface area contributed by atoms with Gasteiger partial charge in [0.15, 0.2) is 0 Å². The molecule has 1 unspecified atom stereocenters. The van der Waals surface area contributed by atoms with E-state index in [-0.39, 0.29) is 0 Å². The predicted molar refractivity (Wildman–Crippen MR) is 48.6 cm³/mol. The third-order valence-corrected chi connectivity index (χ3v) is 3.27. The van der Waals surface area contributed by atoms with Gasteiger partial charge >= 0.3 is 0 Å². The quantitative estimate of drug-likeness (QED) is 0.711. The van der Waals surface area contributed by atoms with Crippen LogP contribution in [0.1, 0.15) is 19.3 Å². The number of alkyl halides is 1. The molecule has 1 saturated heterocycles. The maximum Gasteiger partial charge on any atom is 0.104 e. The van der Waals surface area contributed by atoms with Gasteiger partial charge in [-0.3, -0.25) is 0 Å². The minimum Gasteiger partial charge on any atom is -0.330 e. The molecule has 0 aromatic rings. The lowest BCUT2D eigenvalue weighted by atomic mass is 9.95. The van der Waals surface area contributed by atoms with Gasteiger partial charge in [-0.2, -0.15) is 11.8 Å². The van der Waals surface area contributed by atoms with Crippen molar-refractivity contribution in [2.75, 3.05) is 18.1 Å². The molecule has 0 aromatic heterocycles. The summed E-state index contributed by atoms with van der Waals surface area (Å²) >= 11 is 1.94. The minimum atomic E-state index is -0.638. The van der Waals surface area contributed by atoms with Crippen molar-refractivity contribution in [1.29, 1.82) is 0 Å².